The Hall–Kier alpha value is -6.21. The molecule has 51 heavy (non-hydrogen) atoms. The van der Waals surface area contributed by atoms with E-state index in [0.29, 0.717) is 11.1 Å². The molecule has 0 saturated heterocycles. The molecule has 0 amide bonds. The maximum atomic E-state index is 9.54. The zero-order valence-electron chi connectivity index (χ0n) is 36.3. The van der Waals surface area contributed by atoms with Gasteiger partial charge >= 0.3 is 0 Å². The van der Waals surface area contributed by atoms with Crippen LogP contribution in [0.15, 0.2) is 157 Å². The Bertz CT molecular complexity index is 3710. The third-order valence-electron chi connectivity index (χ3n) is 9.19. The first-order valence-electron chi connectivity index (χ1n) is 21.1. The van der Waals surface area contributed by atoms with E-state index in [-0.39, 0.29) is 83.7 Å². The smallest absolute Gasteiger partial charge is 0.238 e. The van der Waals surface area contributed by atoms with Gasteiger partial charge in [0.25, 0.3) is 0 Å². The minimum Gasteiger partial charge on any atom is -0.278 e. The third kappa shape index (κ3) is 4.47. The fraction of sp³-hybridized carbons (Fsp3) is 0. The van der Waals surface area contributed by atoms with Crippen LogP contribution in [0.25, 0.3) is 102 Å². The molecule has 11 rings (SSSR count). The van der Waals surface area contributed by atoms with E-state index >= 15 is 0 Å². The second kappa shape index (κ2) is 11.2. The summed E-state index contributed by atoms with van der Waals surface area (Å²) in [5.41, 5.74) is 3.21. The number of hydrogen-bond donors (Lipinski definition) is 0. The van der Waals surface area contributed by atoms with Crippen LogP contribution in [-0.2, 0) is 0 Å². The van der Waals surface area contributed by atoms with Gasteiger partial charge in [-0.05, 0) is 59.6 Å². The van der Waals surface area contributed by atoms with E-state index in [1.165, 1.54) is 4.57 Å². The molecule has 238 valence electrons. The molecule has 4 nitrogen and oxygen atoms in total. The van der Waals surface area contributed by atoms with Crippen molar-refractivity contribution in [2.45, 2.75) is 0 Å². The normalized spacial score (nSPS) is 14.7. The molecule has 0 unspecified atom stereocenters. The lowest BCUT2D eigenvalue weighted by molar-refractivity contribution is 0.954. The van der Waals surface area contributed by atoms with Crippen LogP contribution >= 0.6 is 22.7 Å². The number of benzene rings is 7. The Kier molecular flexibility index (Phi) is 4.47. The van der Waals surface area contributed by atoms with Crippen molar-refractivity contribution in [3.63, 3.8) is 0 Å². The predicted molar refractivity (Wildman–Crippen MR) is 216 cm³/mol. The van der Waals surface area contributed by atoms with Crippen LogP contribution < -0.4 is 0 Å². The second-order valence-corrected chi connectivity index (χ2v) is 14.2. The molecule has 4 aromatic heterocycles. The van der Waals surface area contributed by atoms with E-state index < -0.39 is 36.3 Å². The van der Waals surface area contributed by atoms with Crippen LogP contribution in [0.2, 0.25) is 0 Å². The number of thiophene rings is 2. The lowest BCUT2D eigenvalue weighted by Crippen LogP contribution is -2.06. The fourth-order valence-electron chi connectivity index (χ4n) is 6.85. The first-order valence-corrected chi connectivity index (χ1v) is 17.8. The van der Waals surface area contributed by atoms with Gasteiger partial charge in [0.2, 0.25) is 5.95 Å². The minimum absolute atomic E-state index is 0.00609. The van der Waals surface area contributed by atoms with Crippen molar-refractivity contribution in [3.8, 4) is 39.9 Å². The van der Waals surface area contributed by atoms with Crippen LogP contribution in [0.4, 0.5) is 0 Å². The Balaban J connectivity index is 1.28. The van der Waals surface area contributed by atoms with E-state index in [4.69, 9.17) is 23.2 Å². The van der Waals surface area contributed by atoms with Gasteiger partial charge in [-0.15, -0.1) is 22.7 Å². The Labute approximate surface area is 314 Å². The van der Waals surface area contributed by atoms with Crippen molar-refractivity contribution in [3.05, 3.63) is 157 Å². The van der Waals surface area contributed by atoms with Gasteiger partial charge in [-0.1, -0.05) is 109 Å². The zero-order chi connectivity index (χ0) is 42.2. The van der Waals surface area contributed by atoms with E-state index in [1.807, 2.05) is 84.9 Å². The molecule has 0 aliphatic heterocycles. The summed E-state index contributed by atoms with van der Waals surface area (Å²) in [6, 6.07) is 27.6. The maximum Gasteiger partial charge on any atom is 0.238 e. The van der Waals surface area contributed by atoms with Crippen molar-refractivity contribution in [1.82, 2.24) is 19.5 Å². The van der Waals surface area contributed by atoms with Crippen LogP contribution in [-0.4, -0.2) is 19.5 Å². The third-order valence-corrected chi connectivity index (χ3v) is 11.4. The number of para-hydroxylation sites is 1. The Morgan fingerprint density at radius 1 is 0.431 bits per heavy atom. The van der Waals surface area contributed by atoms with Crippen molar-refractivity contribution in [2.24, 2.45) is 0 Å². The average Bonchev–Trinajstić information content (AvgIpc) is 3.99. The molecule has 0 atom stereocenters. The standard InChI is InChI=1S/C45H26N4S2/c1-2-10-27(11-3-1)28-18-20-29(21-19-28)43-46-44(30-22-24-39-34(26-30)31-12-5-8-16-37(31)50-39)48-45(47-43)49-35-15-7-4-13-32(35)41-36(49)23-25-40-42(41)33-14-6-9-17-38(33)51-40/h1-26H/i4D,6D,7D,9D,13D,14D,15D,17D,23D,25D. The van der Waals surface area contributed by atoms with Crippen LogP contribution in [0.5, 0.6) is 0 Å². The summed E-state index contributed by atoms with van der Waals surface area (Å²) < 4.78 is 93.7. The number of nitrogens with zero attached hydrogens (tertiary/aromatic N) is 4. The molecule has 0 bridgehead atoms. The van der Waals surface area contributed by atoms with Gasteiger partial charge in [0.15, 0.2) is 11.6 Å². The number of fused-ring (bicyclic) bond motifs is 10. The van der Waals surface area contributed by atoms with Gasteiger partial charge in [-0.3, -0.25) is 4.57 Å². The van der Waals surface area contributed by atoms with E-state index in [9.17, 15) is 5.48 Å². The second-order valence-electron chi connectivity index (χ2n) is 12.1. The summed E-state index contributed by atoms with van der Waals surface area (Å²) in [5.74, 6) is 0.439. The van der Waals surface area contributed by atoms with Gasteiger partial charge in [0, 0.05) is 62.2 Å². The molecular weight excluding hydrogens is 661 g/mol. The van der Waals surface area contributed by atoms with Gasteiger partial charge in [0.05, 0.1) is 24.7 Å². The lowest BCUT2D eigenvalue weighted by atomic mass is 10.0. The van der Waals surface area contributed by atoms with E-state index in [2.05, 4.69) is 12.1 Å². The molecule has 11 aromatic rings. The van der Waals surface area contributed by atoms with Crippen molar-refractivity contribution >= 4 is 84.8 Å². The average molecular weight is 697 g/mol. The van der Waals surface area contributed by atoms with Crippen LogP contribution in [0.3, 0.4) is 0 Å². The highest BCUT2D eigenvalue weighted by Gasteiger charge is 2.21. The molecule has 0 fully saturated rings. The topological polar surface area (TPSA) is 43.6 Å². The van der Waals surface area contributed by atoms with Gasteiger partial charge in [0.1, 0.15) is 0 Å². The molecule has 0 radical (unpaired) electrons. The van der Waals surface area contributed by atoms with Crippen molar-refractivity contribution in [1.29, 1.82) is 0 Å². The predicted octanol–water partition coefficient (Wildman–Crippen LogP) is 12.7. The van der Waals surface area contributed by atoms with E-state index in [0.717, 1.165) is 42.6 Å². The molecule has 7 aromatic carbocycles. The number of aromatic nitrogens is 4. The first kappa shape index (κ1) is 20.5. The monoisotopic (exact) mass is 696 g/mol. The first-order chi connectivity index (χ1) is 29.4. The Morgan fingerprint density at radius 2 is 1.10 bits per heavy atom. The van der Waals surface area contributed by atoms with Gasteiger partial charge in [-0.25, -0.2) is 4.98 Å². The summed E-state index contributed by atoms with van der Waals surface area (Å²) in [7, 11) is 0. The molecule has 0 spiro atoms. The molecule has 0 saturated carbocycles. The maximum absolute atomic E-state index is 9.54. The van der Waals surface area contributed by atoms with Gasteiger partial charge < -0.3 is 0 Å². The summed E-state index contributed by atoms with van der Waals surface area (Å²) in [6.45, 7) is 0. The van der Waals surface area contributed by atoms with Crippen LogP contribution in [0, 0.1) is 0 Å². The highest BCUT2D eigenvalue weighted by molar-refractivity contribution is 7.26. The largest absolute Gasteiger partial charge is 0.278 e. The van der Waals surface area contributed by atoms with Crippen LogP contribution in [0.1, 0.15) is 13.7 Å². The van der Waals surface area contributed by atoms with Crippen molar-refractivity contribution in [2.75, 3.05) is 0 Å². The number of rotatable bonds is 4. The SMILES string of the molecule is [2H]c1c([2H])c([2H])c2c(sc3c([2H])c([2H])c4c(c5c([2H])c([2H])c([2H])c([2H])c5n4-c4nc(-c5ccc(-c6ccccc6)cc5)nc(-c5ccc6sc7ccccc7c6c5)n4)c32)c1[2H]. The lowest BCUT2D eigenvalue weighted by Gasteiger charge is -2.11. The molecule has 6 heteroatoms. The van der Waals surface area contributed by atoms with Crippen molar-refractivity contribution < 1.29 is 13.7 Å². The molecule has 0 N–H and O–H groups in total. The van der Waals surface area contributed by atoms with Gasteiger partial charge in [-0.2, -0.15) is 9.97 Å². The minimum atomic E-state index is -0.534. The summed E-state index contributed by atoms with van der Waals surface area (Å²) in [6.07, 6.45) is 0. The molecule has 4 heterocycles. The Morgan fingerprint density at radius 3 is 1.98 bits per heavy atom. The molecule has 0 aliphatic carbocycles. The zero-order valence-corrected chi connectivity index (χ0v) is 28.0. The molecular formula is C45H26N4S2. The number of hydrogen-bond acceptors (Lipinski definition) is 5. The molecule has 0 aliphatic rings. The highest BCUT2D eigenvalue weighted by Crippen LogP contribution is 2.43. The summed E-state index contributed by atoms with van der Waals surface area (Å²) >= 11 is 2.62. The summed E-state index contributed by atoms with van der Waals surface area (Å²) in [5, 5.41) is 2.51. The highest BCUT2D eigenvalue weighted by atomic mass is 32.1. The fourth-order valence-corrected chi connectivity index (χ4v) is 8.91. The summed E-state index contributed by atoms with van der Waals surface area (Å²) in [4.78, 5) is 15.0. The quantitative estimate of drug-likeness (QED) is 0.184. The van der Waals surface area contributed by atoms with E-state index in [1.54, 1.807) is 11.3 Å².